The highest BCUT2D eigenvalue weighted by atomic mass is 16.5. The van der Waals surface area contributed by atoms with Crippen molar-refractivity contribution in [3.63, 3.8) is 0 Å². The molecule has 112 valence electrons. The van der Waals surface area contributed by atoms with Gasteiger partial charge in [0.05, 0.1) is 6.61 Å². The van der Waals surface area contributed by atoms with Crippen LogP contribution in [0.3, 0.4) is 0 Å². The first-order chi connectivity index (χ1) is 9.83. The van der Waals surface area contributed by atoms with E-state index in [0.29, 0.717) is 6.04 Å². The lowest BCUT2D eigenvalue weighted by Crippen LogP contribution is -2.37. The summed E-state index contributed by atoms with van der Waals surface area (Å²) in [7, 11) is 2.05. The van der Waals surface area contributed by atoms with Gasteiger partial charge in [0.15, 0.2) is 0 Å². The van der Waals surface area contributed by atoms with Crippen molar-refractivity contribution in [2.45, 2.75) is 38.6 Å². The molecule has 1 aromatic carbocycles. The predicted octanol–water partition coefficient (Wildman–Crippen LogP) is 3.22. The SMILES string of the molecule is CCCOc1ccc(C(CN2CCCCC2)NC)cc1. The van der Waals surface area contributed by atoms with Crippen LogP contribution in [0, 0.1) is 0 Å². The van der Waals surface area contributed by atoms with E-state index in [1.807, 2.05) is 0 Å². The van der Waals surface area contributed by atoms with E-state index < -0.39 is 0 Å². The highest BCUT2D eigenvalue weighted by Crippen LogP contribution is 2.20. The summed E-state index contributed by atoms with van der Waals surface area (Å²) in [6.07, 6.45) is 5.14. The van der Waals surface area contributed by atoms with Crippen molar-refractivity contribution < 1.29 is 4.74 Å². The normalized spacial score (nSPS) is 17.9. The molecule has 0 aromatic heterocycles. The number of likely N-dealkylation sites (N-methyl/N-ethyl adjacent to an activating group) is 1. The van der Waals surface area contributed by atoms with Crippen molar-refractivity contribution in [3.8, 4) is 5.75 Å². The third-order valence-corrected chi connectivity index (χ3v) is 3.99. The highest BCUT2D eigenvalue weighted by molar-refractivity contribution is 5.29. The van der Waals surface area contributed by atoms with Gasteiger partial charge in [0.2, 0.25) is 0 Å². The number of ether oxygens (including phenoxy) is 1. The predicted molar refractivity (Wildman–Crippen MR) is 84.3 cm³/mol. The standard InChI is InChI=1S/C17H28N2O/c1-3-13-20-16-9-7-15(8-10-16)17(18-2)14-19-11-5-4-6-12-19/h7-10,17-18H,3-6,11-14H2,1-2H3. The Morgan fingerprint density at radius 1 is 1.15 bits per heavy atom. The van der Waals surface area contributed by atoms with Crippen molar-refractivity contribution >= 4 is 0 Å². The number of benzene rings is 1. The zero-order chi connectivity index (χ0) is 14.2. The third kappa shape index (κ3) is 4.50. The largest absolute Gasteiger partial charge is 0.494 e. The van der Waals surface area contributed by atoms with Crippen LogP contribution in [0.1, 0.15) is 44.2 Å². The minimum atomic E-state index is 0.410. The molecule has 1 unspecified atom stereocenters. The quantitative estimate of drug-likeness (QED) is 0.827. The van der Waals surface area contributed by atoms with Gasteiger partial charge in [-0.25, -0.2) is 0 Å². The Morgan fingerprint density at radius 2 is 1.85 bits per heavy atom. The molecule has 1 heterocycles. The lowest BCUT2D eigenvalue weighted by molar-refractivity contribution is 0.208. The second-order valence-electron chi connectivity index (χ2n) is 5.62. The molecule has 1 aliphatic heterocycles. The molecule has 1 N–H and O–H groups in total. The molecule has 0 saturated carbocycles. The summed E-state index contributed by atoms with van der Waals surface area (Å²) in [5.74, 6) is 0.975. The van der Waals surface area contributed by atoms with Crippen molar-refractivity contribution in [3.05, 3.63) is 29.8 Å². The monoisotopic (exact) mass is 276 g/mol. The van der Waals surface area contributed by atoms with E-state index >= 15 is 0 Å². The maximum atomic E-state index is 5.64. The van der Waals surface area contributed by atoms with E-state index in [1.165, 1.54) is 37.9 Å². The Balaban J connectivity index is 1.92. The van der Waals surface area contributed by atoms with Crippen LogP contribution in [0.4, 0.5) is 0 Å². The van der Waals surface area contributed by atoms with Crippen LogP contribution in [-0.2, 0) is 0 Å². The van der Waals surface area contributed by atoms with Crippen molar-refractivity contribution in [2.75, 3.05) is 33.3 Å². The molecule has 0 aliphatic carbocycles. The Morgan fingerprint density at radius 3 is 2.45 bits per heavy atom. The van der Waals surface area contributed by atoms with E-state index in [-0.39, 0.29) is 0 Å². The van der Waals surface area contributed by atoms with Crippen LogP contribution in [0.15, 0.2) is 24.3 Å². The zero-order valence-electron chi connectivity index (χ0n) is 12.9. The Bertz CT molecular complexity index is 371. The first-order valence-electron chi connectivity index (χ1n) is 7.96. The molecule has 0 spiro atoms. The number of hydrogen-bond acceptors (Lipinski definition) is 3. The van der Waals surface area contributed by atoms with Gasteiger partial charge >= 0.3 is 0 Å². The maximum absolute atomic E-state index is 5.64. The number of nitrogens with zero attached hydrogens (tertiary/aromatic N) is 1. The van der Waals surface area contributed by atoms with Crippen LogP contribution < -0.4 is 10.1 Å². The fourth-order valence-electron chi connectivity index (χ4n) is 2.78. The first kappa shape index (κ1) is 15.3. The molecule has 1 saturated heterocycles. The van der Waals surface area contributed by atoms with Crippen molar-refractivity contribution in [2.24, 2.45) is 0 Å². The van der Waals surface area contributed by atoms with E-state index in [4.69, 9.17) is 4.74 Å². The fraction of sp³-hybridized carbons (Fsp3) is 0.647. The molecule has 2 rings (SSSR count). The van der Waals surface area contributed by atoms with Crippen LogP contribution in [-0.4, -0.2) is 38.2 Å². The first-order valence-corrected chi connectivity index (χ1v) is 7.96. The average molecular weight is 276 g/mol. The van der Waals surface area contributed by atoms with Crippen molar-refractivity contribution in [1.29, 1.82) is 0 Å². The van der Waals surface area contributed by atoms with Crippen LogP contribution in [0.5, 0.6) is 5.75 Å². The number of piperidine rings is 1. The van der Waals surface area contributed by atoms with Crippen LogP contribution in [0.25, 0.3) is 0 Å². The van der Waals surface area contributed by atoms with E-state index in [2.05, 4.69) is 48.5 Å². The summed E-state index contributed by atoms with van der Waals surface area (Å²) >= 11 is 0. The molecule has 3 nitrogen and oxygen atoms in total. The highest BCUT2D eigenvalue weighted by Gasteiger charge is 2.16. The van der Waals surface area contributed by atoms with Gasteiger partial charge in [0, 0.05) is 12.6 Å². The fourth-order valence-corrected chi connectivity index (χ4v) is 2.78. The molecule has 1 aliphatic rings. The molecule has 0 bridgehead atoms. The Hall–Kier alpha value is -1.06. The molecular formula is C17H28N2O. The van der Waals surface area contributed by atoms with Gasteiger partial charge in [-0.2, -0.15) is 0 Å². The van der Waals surface area contributed by atoms with Gasteiger partial charge in [-0.15, -0.1) is 0 Å². The Labute approximate surface area is 123 Å². The maximum Gasteiger partial charge on any atom is 0.119 e. The van der Waals surface area contributed by atoms with E-state index in [1.54, 1.807) is 0 Å². The average Bonchev–Trinajstić information content (AvgIpc) is 2.52. The second kappa shape index (κ2) is 8.28. The van der Waals surface area contributed by atoms with Gasteiger partial charge in [0.1, 0.15) is 5.75 Å². The molecule has 1 aromatic rings. The summed E-state index contributed by atoms with van der Waals surface area (Å²) < 4.78 is 5.64. The molecular weight excluding hydrogens is 248 g/mol. The second-order valence-corrected chi connectivity index (χ2v) is 5.62. The zero-order valence-corrected chi connectivity index (χ0v) is 12.9. The van der Waals surface area contributed by atoms with Gasteiger partial charge < -0.3 is 15.0 Å². The van der Waals surface area contributed by atoms with E-state index in [0.717, 1.165) is 25.3 Å². The number of rotatable bonds is 7. The summed E-state index contributed by atoms with van der Waals surface area (Å²) in [5, 5.41) is 3.45. The molecule has 1 atom stereocenters. The van der Waals surface area contributed by atoms with Gasteiger partial charge in [-0.3, -0.25) is 0 Å². The van der Waals surface area contributed by atoms with E-state index in [9.17, 15) is 0 Å². The Kier molecular flexibility index (Phi) is 6.34. The van der Waals surface area contributed by atoms with Gasteiger partial charge in [-0.05, 0) is 57.1 Å². The van der Waals surface area contributed by atoms with Crippen LogP contribution >= 0.6 is 0 Å². The molecule has 1 fully saturated rings. The third-order valence-electron chi connectivity index (χ3n) is 3.99. The summed E-state index contributed by atoms with van der Waals surface area (Å²) in [4.78, 5) is 2.58. The van der Waals surface area contributed by atoms with Crippen LogP contribution in [0.2, 0.25) is 0 Å². The molecule has 0 amide bonds. The summed E-state index contributed by atoms with van der Waals surface area (Å²) in [6, 6.07) is 8.97. The summed E-state index contributed by atoms with van der Waals surface area (Å²) in [6.45, 7) is 6.52. The number of nitrogens with one attached hydrogen (secondary N) is 1. The molecule has 0 radical (unpaired) electrons. The lowest BCUT2D eigenvalue weighted by Gasteiger charge is -2.30. The number of likely N-dealkylation sites (tertiary alicyclic amines) is 1. The molecule has 3 heteroatoms. The van der Waals surface area contributed by atoms with Gasteiger partial charge in [-0.1, -0.05) is 25.5 Å². The van der Waals surface area contributed by atoms with Gasteiger partial charge in [0.25, 0.3) is 0 Å². The molecule has 20 heavy (non-hydrogen) atoms. The minimum Gasteiger partial charge on any atom is -0.494 e. The minimum absolute atomic E-state index is 0.410. The smallest absolute Gasteiger partial charge is 0.119 e. The van der Waals surface area contributed by atoms with Crippen molar-refractivity contribution in [1.82, 2.24) is 10.2 Å². The summed E-state index contributed by atoms with van der Waals surface area (Å²) in [5.41, 5.74) is 1.35. The topological polar surface area (TPSA) is 24.5 Å². The lowest BCUT2D eigenvalue weighted by atomic mass is 10.0. The number of hydrogen-bond donors (Lipinski definition) is 1.